The molecule has 2 aliphatic rings. The molecule has 2 N–H and O–H groups in total. The lowest BCUT2D eigenvalue weighted by Gasteiger charge is -2.33. The third kappa shape index (κ3) is 2.00. The number of fused-ring (bicyclic) bond motifs is 1. The van der Waals surface area contributed by atoms with Crippen molar-refractivity contribution in [1.29, 1.82) is 0 Å². The van der Waals surface area contributed by atoms with E-state index in [0.717, 1.165) is 11.7 Å². The lowest BCUT2D eigenvalue weighted by atomic mass is 9.80. The quantitative estimate of drug-likeness (QED) is 0.843. The van der Waals surface area contributed by atoms with Gasteiger partial charge < -0.3 is 15.2 Å². The van der Waals surface area contributed by atoms with Crippen LogP contribution >= 0.6 is 0 Å². The molecule has 0 saturated heterocycles. The summed E-state index contributed by atoms with van der Waals surface area (Å²) in [6, 6.07) is 6.22. The molecule has 1 saturated carbocycles. The van der Waals surface area contributed by atoms with E-state index in [-0.39, 0.29) is 11.8 Å². The summed E-state index contributed by atoms with van der Waals surface area (Å²) in [6.07, 6.45) is 4.08. The maximum absolute atomic E-state index is 9.40. The monoisotopic (exact) mass is 233 g/mol. The van der Waals surface area contributed by atoms with Gasteiger partial charge in [-0.15, -0.1) is 0 Å². The number of aromatic hydroxyl groups is 1. The van der Waals surface area contributed by atoms with Crippen molar-refractivity contribution in [3.63, 3.8) is 0 Å². The van der Waals surface area contributed by atoms with Crippen molar-refractivity contribution in [2.24, 2.45) is 5.92 Å². The summed E-state index contributed by atoms with van der Waals surface area (Å²) in [7, 11) is 0. The molecule has 3 heteroatoms. The summed E-state index contributed by atoms with van der Waals surface area (Å²) in [5, 5.41) is 13.0. The Bertz CT molecular complexity index is 415. The Morgan fingerprint density at radius 1 is 1.41 bits per heavy atom. The maximum Gasteiger partial charge on any atom is 0.127 e. The third-order valence-electron chi connectivity index (χ3n) is 4.10. The van der Waals surface area contributed by atoms with Crippen LogP contribution in [0.2, 0.25) is 0 Å². The molecule has 17 heavy (non-hydrogen) atoms. The topological polar surface area (TPSA) is 41.5 Å². The Labute approximate surface area is 102 Å². The number of hydrogen-bond acceptors (Lipinski definition) is 3. The second kappa shape index (κ2) is 4.22. The molecule has 1 aliphatic carbocycles. The summed E-state index contributed by atoms with van der Waals surface area (Å²) in [6.45, 7) is 2.94. The van der Waals surface area contributed by atoms with Crippen molar-refractivity contribution in [3.8, 4) is 11.5 Å². The normalized spacial score (nSPS) is 24.9. The van der Waals surface area contributed by atoms with Gasteiger partial charge in [0.1, 0.15) is 18.1 Å². The minimum absolute atomic E-state index is 0.274. The molecule has 1 aromatic carbocycles. The number of rotatable bonds is 3. The lowest BCUT2D eigenvalue weighted by Crippen LogP contribution is -2.39. The number of ether oxygens (including phenoxy) is 1. The van der Waals surface area contributed by atoms with Gasteiger partial charge in [0.2, 0.25) is 0 Å². The van der Waals surface area contributed by atoms with E-state index in [1.54, 1.807) is 12.1 Å². The van der Waals surface area contributed by atoms with Crippen LogP contribution in [0.3, 0.4) is 0 Å². The van der Waals surface area contributed by atoms with Gasteiger partial charge in [-0.05, 0) is 37.8 Å². The first kappa shape index (κ1) is 10.9. The smallest absolute Gasteiger partial charge is 0.127 e. The van der Waals surface area contributed by atoms with Gasteiger partial charge in [-0.2, -0.15) is 0 Å². The van der Waals surface area contributed by atoms with E-state index < -0.39 is 0 Å². The Morgan fingerprint density at radius 3 is 2.94 bits per heavy atom. The molecular formula is C14H19NO2. The van der Waals surface area contributed by atoms with Crippen LogP contribution in [-0.4, -0.2) is 17.8 Å². The van der Waals surface area contributed by atoms with Crippen molar-refractivity contribution in [3.05, 3.63) is 23.8 Å². The molecule has 0 radical (unpaired) electrons. The van der Waals surface area contributed by atoms with Gasteiger partial charge in [0.15, 0.2) is 0 Å². The van der Waals surface area contributed by atoms with Crippen LogP contribution in [0, 0.1) is 5.92 Å². The molecule has 1 fully saturated rings. The molecule has 2 unspecified atom stereocenters. The van der Waals surface area contributed by atoms with Gasteiger partial charge in [-0.3, -0.25) is 0 Å². The molecular weight excluding hydrogens is 214 g/mol. The van der Waals surface area contributed by atoms with Crippen LogP contribution in [0.25, 0.3) is 0 Å². The molecule has 0 spiro atoms. The van der Waals surface area contributed by atoms with Gasteiger partial charge >= 0.3 is 0 Å². The number of hydrogen-bond donors (Lipinski definition) is 2. The van der Waals surface area contributed by atoms with Gasteiger partial charge in [0, 0.05) is 17.7 Å². The van der Waals surface area contributed by atoms with Crippen molar-refractivity contribution < 1.29 is 9.84 Å². The second-order valence-electron chi connectivity index (χ2n) is 5.23. The van der Waals surface area contributed by atoms with Gasteiger partial charge in [0.25, 0.3) is 0 Å². The molecule has 1 aromatic rings. The van der Waals surface area contributed by atoms with E-state index in [0.29, 0.717) is 12.6 Å². The number of benzene rings is 1. The molecule has 3 nitrogen and oxygen atoms in total. The average Bonchev–Trinajstić information content (AvgIpc) is 2.58. The van der Waals surface area contributed by atoms with E-state index in [2.05, 4.69) is 12.2 Å². The highest BCUT2D eigenvalue weighted by Gasteiger charge is 2.30. The van der Waals surface area contributed by atoms with Crippen molar-refractivity contribution in [1.82, 2.24) is 5.32 Å². The SMILES string of the molecule is CC(NC1COc2cc(O)ccc21)C1CCC1. The van der Waals surface area contributed by atoms with Gasteiger partial charge in [0.05, 0.1) is 6.04 Å². The van der Waals surface area contributed by atoms with Crippen LogP contribution in [-0.2, 0) is 0 Å². The minimum atomic E-state index is 0.274. The van der Waals surface area contributed by atoms with E-state index >= 15 is 0 Å². The Balaban J connectivity index is 1.70. The zero-order valence-electron chi connectivity index (χ0n) is 10.1. The predicted octanol–water partition coefficient (Wildman–Crippen LogP) is 2.60. The Morgan fingerprint density at radius 2 is 2.24 bits per heavy atom. The van der Waals surface area contributed by atoms with Crippen LogP contribution < -0.4 is 10.1 Å². The summed E-state index contributed by atoms with van der Waals surface area (Å²) in [5.41, 5.74) is 1.17. The first-order valence-electron chi connectivity index (χ1n) is 6.46. The van der Waals surface area contributed by atoms with Crippen molar-refractivity contribution in [2.75, 3.05) is 6.61 Å². The van der Waals surface area contributed by atoms with Crippen molar-refractivity contribution in [2.45, 2.75) is 38.3 Å². The van der Waals surface area contributed by atoms with Crippen LogP contribution in [0.4, 0.5) is 0 Å². The first-order valence-corrected chi connectivity index (χ1v) is 6.46. The molecule has 3 rings (SSSR count). The molecule has 1 aliphatic heterocycles. The second-order valence-corrected chi connectivity index (χ2v) is 5.23. The van der Waals surface area contributed by atoms with E-state index in [9.17, 15) is 5.11 Å². The summed E-state index contributed by atoms with van der Waals surface area (Å²) >= 11 is 0. The third-order valence-corrected chi connectivity index (χ3v) is 4.10. The molecule has 0 amide bonds. The highest BCUT2D eigenvalue weighted by molar-refractivity contribution is 5.44. The number of phenolic OH excluding ortho intramolecular Hbond substituents is 1. The van der Waals surface area contributed by atoms with Gasteiger partial charge in [-0.1, -0.05) is 6.42 Å². The summed E-state index contributed by atoms with van der Waals surface area (Å²) in [5.74, 6) is 1.93. The summed E-state index contributed by atoms with van der Waals surface area (Å²) in [4.78, 5) is 0. The zero-order chi connectivity index (χ0) is 11.8. The largest absolute Gasteiger partial charge is 0.508 e. The van der Waals surface area contributed by atoms with Crippen LogP contribution in [0.15, 0.2) is 18.2 Å². The minimum Gasteiger partial charge on any atom is -0.508 e. The number of nitrogens with one attached hydrogen (secondary N) is 1. The van der Waals surface area contributed by atoms with E-state index in [1.165, 1.54) is 24.8 Å². The van der Waals surface area contributed by atoms with Gasteiger partial charge in [-0.25, -0.2) is 0 Å². The summed E-state index contributed by atoms with van der Waals surface area (Å²) < 4.78 is 5.60. The fourth-order valence-electron chi connectivity index (χ4n) is 2.73. The average molecular weight is 233 g/mol. The maximum atomic E-state index is 9.40. The predicted molar refractivity (Wildman–Crippen MR) is 66.3 cm³/mol. The lowest BCUT2D eigenvalue weighted by molar-refractivity contribution is 0.212. The molecule has 92 valence electrons. The van der Waals surface area contributed by atoms with E-state index in [4.69, 9.17) is 4.74 Å². The molecule has 0 aromatic heterocycles. The van der Waals surface area contributed by atoms with Crippen molar-refractivity contribution >= 4 is 0 Å². The Hall–Kier alpha value is -1.22. The highest BCUT2D eigenvalue weighted by Crippen LogP contribution is 2.37. The standard InChI is InChI=1S/C14H19NO2/c1-9(10-3-2-4-10)15-13-8-17-14-7-11(16)5-6-12(13)14/h5-7,9-10,13,15-16H,2-4,8H2,1H3. The molecule has 0 bridgehead atoms. The van der Waals surface area contributed by atoms with Crippen LogP contribution in [0.5, 0.6) is 11.5 Å². The fourth-order valence-corrected chi connectivity index (χ4v) is 2.73. The zero-order valence-corrected chi connectivity index (χ0v) is 10.1. The first-order chi connectivity index (χ1) is 8.24. The van der Waals surface area contributed by atoms with E-state index in [1.807, 2.05) is 6.07 Å². The fraction of sp³-hybridized carbons (Fsp3) is 0.571. The van der Waals surface area contributed by atoms with Crippen LogP contribution in [0.1, 0.15) is 37.8 Å². The Kier molecular flexibility index (Phi) is 2.71. The number of phenols is 1. The molecule has 1 heterocycles. The highest BCUT2D eigenvalue weighted by atomic mass is 16.5. The molecule has 2 atom stereocenters.